The smallest absolute Gasteiger partial charge is 0.0300 e. The molecule has 0 rings (SSSR count). The summed E-state index contributed by atoms with van der Waals surface area (Å²) in [6.45, 7) is 16.7. The molecule has 0 aliphatic heterocycles. The largest absolute Gasteiger partial charge is 0.0654 e. The molecule has 0 aromatic carbocycles. The van der Waals surface area contributed by atoms with Gasteiger partial charge in [0.05, 0.1) is 0 Å². The van der Waals surface area contributed by atoms with E-state index >= 15 is 0 Å². The molecule has 0 bridgehead atoms. The minimum absolute atomic E-state index is 0.559. The van der Waals surface area contributed by atoms with Gasteiger partial charge in [0, 0.05) is 0 Å². The fourth-order valence-corrected chi connectivity index (χ4v) is 2.93. The minimum Gasteiger partial charge on any atom is -0.0654 e. The minimum atomic E-state index is 0.559. The van der Waals surface area contributed by atoms with E-state index in [2.05, 4.69) is 48.5 Å². The van der Waals surface area contributed by atoms with E-state index < -0.39 is 0 Å². The van der Waals surface area contributed by atoms with Gasteiger partial charge in [0.25, 0.3) is 0 Å². The molecule has 15 heavy (non-hydrogen) atoms. The first-order valence-electron chi connectivity index (χ1n) is 6.87. The van der Waals surface area contributed by atoms with Gasteiger partial charge in [-0.05, 0) is 36.0 Å². The van der Waals surface area contributed by atoms with Crippen LogP contribution in [-0.4, -0.2) is 0 Å². The summed E-state index contributed by atoms with van der Waals surface area (Å²) in [5.74, 6) is 2.55. The van der Waals surface area contributed by atoms with Crippen LogP contribution in [0.4, 0.5) is 0 Å². The van der Waals surface area contributed by atoms with E-state index in [-0.39, 0.29) is 0 Å². The normalized spacial score (nSPS) is 20.0. The predicted molar refractivity (Wildman–Crippen MR) is 71.1 cm³/mol. The summed E-state index contributed by atoms with van der Waals surface area (Å²) in [4.78, 5) is 0. The zero-order valence-electron chi connectivity index (χ0n) is 12.1. The Labute approximate surface area is 97.8 Å². The van der Waals surface area contributed by atoms with Gasteiger partial charge in [0.1, 0.15) is 0 Å². The van der Waals surface area contributed by atoms with E-state index in [1.165, 1.54) is 25.7 Å². The second kappa shape index (κ2) is 6.55. The van der Waals surface area contributed by atoms with Crippen LogP contribution in [0.25, 0.3) is 0 Å². The van der Waals surface area contributed by atoms with Gasteiger partial charge in [-0.1, -0.05) is 61.3 Å². The van der Waals surface area contributed by atoms with Crippen molar-refractivity contribution in [3.63, 3.8) is 0 Å². The Morgan fingerprint density at radius 3 is 1.87 bits per heavy atom. The van der Waals surface area contributed by atoms with Crippen molar-refractivity contribution in [3.05, 3.63) is 0 Å². The van der Waals surface area contributed by atoms with E-state index in [9.17, 15) is 0 Å². The van der Waals surface area contributed by atoms with Crippen molar-refractivity contribution in [3.8, 4) is 0 Å². The van der Waals surface area contributed by atoms with E-state index in [4.69, 9.17) is 0 Å². The third-order valence-corrected chi connectivity index (χ3v) is 4.42. The molecular formula is C15H32. The Morgan fingerprint density at radius 1 is 1.00 bits per heavy atom. The summed E-state index contributed by atoms with van der Waals surface area (Å²) in [5.41, 5.74) is 0.559. The molecule has 92 valence electrons. The summed E-state index contributed by atoms with van der Waals surface area (Å²) in [6.07, 6.45) is 5.40. The standard InChI is InChI=1S/C15H32/c1-8-10-15(7,9-2)14(6)13(5)11-12(3)4/h12-14H,8-11H2,1-7H3. The van der Waals surface area contributed by atoms with E-state index in [1.54, 1.807) is 0 Å². The Bertz CT molecular complexity index is 159. The molecule has 0 aromatic rings. The van der Waals surface area contributed by atoms with Crippen LogP contribution in [0.3, 0.4) is 0 Å². The van der Waals surface area contributed by atoms with Crippen LogP contribution in [0, 0.1) is 23.2 Å². The maximum atomic E-state index is 2.48. The van der Waals surface area contributed by atoms with Crippen LogP contribution in [0.15, 0.2) is 0 Å². The molecule has 3 unspecified atom stereocenters. The lowest BCUT2D eigenvalue weighted by atomic mass is 9.66. The van der Waals surface area contributed by atoms with Gasteiger partial charge in [-0.2, -0.15) is 0 Å². The first kappa shape index (κ1) is 15.0. The van der Waals surface area contributed by atoms with Crippen molar-refractivity contribution in [1.82, 2.24) is 0 Å². The monoisotopic (exact) mass is 212 g/mol. The van der Waals surface area contributed by atoms with Crippen molar-refractivity contribution in [2.24, 2.45) is 23.2 Å². The number of hydrogen-bond donors (Lipinski definition) is 0. The molecule has 0 aromatic heterocycles. The first-order chi connectivity index (χ1) is 6.87. The summed E-state index contributed by atoms with van der Waals surface area (Å²) in [7, 11) is 0. The highest BCUT2D eigenvalue weighted by Crippen LogP contribution is 2.41. The Morgan fingerprint density at radius 2 is 1.53 bits per heavy atom. The van der Waals surface area contributed by atoms with Gasteiger partial charge < -0.3 is 0 Å². The number of rotatable bonds is 7. The van der Waals surface area contributed by atoms with Crippen LogP contribution in [0.1, 0.15) is 74.1 Å². The van der Waals surface area contributed by atoms with E-state index in [1.807, 2.05) is 0 Å². The highest BCUT2D eigenvalue weighted by Gasteiger charge is 2.31. The lowest BCUT2D eigenvalue weighted by Crippen LogP contribution is -2.30. The third kappa shape index (κ3) is 4.57. The van der Waals surface area contributed by atoms with Crippen LogP contribution < -0.4 is 0 Å². The molecule has 0 saturated heterocycles. The highest BCUT2D eigenvalue weighted by molar-refractivity contribution is 4.82. The fraction of sp³-hybridized carbons (Fsp3) is 1.00. The molecule has 0 saturated carbocycles. The average Bonchev–Trinajstić information content (AvgIpc) is 2.15. The van der Waals surface area contributed by atoms with Gasteiger partial charge in [-0.3, -0.25) is 0 Å². The van der Waals surface area contributed by atoms with Crippen LogP contribution in [-0.2, 0) is 0 Å². The highest BCUT2D eigenvalue weighted by atomic mass is 14.4. The molecular weight excluding hydrogens is 180 g/mol. The molecule has 0 amide bonds. The zero-order chi connectivity index (χ0) is 12.1. The molecule has 0 spiro atoms. The molecule has 3 atom stereocenters. The average molecular weight is 212 g/mol. The lowest BCUT2D eigenvalue weighted by Gasteiger charge is -2.39. The van der Waals surface area contributed by atoms with Crippen molar-refractivity contribution < 1.29 is 0 Å². The van der Waals surface area contributed by atoms with Crippen molar-refractivity contribution in [1.29, 1.82) is 0 Å². The molecule has 0 radical (unpaired) electrons. The molecule has 0 N–H and O–H groups in total. The van der Waals surface area contributed by atoms with E-state index in [0.717, 1.165) is 17.8 Å². The van der Waals surface area contributed by atoms with E-state index in [0.29, 0.717) is 5.41 Å². The Balaban J connectivity index is 4.42. The maximum Gasteiger partial charge on any atom is -0.0300 e. The van der Waals surface area contributed by atoms with Crippen LogP contribution in [0.5, 0.6) is 0 Å². The van der Waals surface area contributed by atoms with Crippen molar-refractivity contribution >= 4 is 0 Å². The van der Waals surface area contributed by atoms with Crippen molar-refractivity contribution in [2.45, 2.75) is 74.1 Å². The molecule has 0 aliphatic carbocycles. The number of hydrogen-bond acceptors (Lipinski definition) is 0. The first-order valence-corrected chi connectivity index (χ1v) is 6.87. The van der Waals surface area contributed by atoms with Gasteiger partial charge in [0.2, 0.25) is 0 Å². The summed E-state index contributed by atoms with van der Waals surface area (Å²) in [6, 6.07) is 0. The fourth-order valence-electron chi connectivity index (χ4n) is 2.93. The quantitative estimate of drug-likeness (QED) is 0.521. The zero-order valence-corrected chi connectivity index (χ0v) is 12.1. The third-order valence-electron chi connectivity index (χ3n) is 4.42. The van der Waals surface area contributed by atoms with Gasteiger partial charge in [-0.25, -0.2) is 0 Å². The summed E-state index contributed by atoms with van der Waals surface area (Å²) < 4.78 is 0. The molecule has 0 nitrogen and oxygen atoms in total. The second-order valence-electron chi connectivity index (χ2n) is 6.15. The van der Waals surface area contributed by atoms with Crippen LogP contribution >= 0.6 is 0 Å². The Hall–Kier alpha value is 0. The van der Waals surface area contributed by atoms with Gasteiger partial charge in [0.15, 0.2) is 0 Å². The topological polar surface area (TPSA) is 0 Å². The SMILES string of the molecule is CCCC(C)(CC)C(C)C(C)CC(C)C. The summed E-state index contributed by atoms with van der Waals surface area (Å²) >= 11 is 0. The molecule has 0 heteroatoms. The second-order valence-corrected chi connectivity index (χ2v) is 6.15. The van der Waals surface area contributed by atoms with Gasteiger partial charge in [-0.15, -0.1) is 0 Å². The Kier molecular flexibility index (Phi) is 6.55. The summed E-state index contributed by atoms with van der Waals surface area (Å²) in [5, 5.41) is 0. The molecule has 0 fully saturated rings. The predicted octanol–water partition coefficient (Wildman–Crippen LogP) is 5.52. The van der Waals surface area contributed by atoms with Crippen LogP contribution in [0.2, 0.25) is 0 Å². The molecule has 0 aliphatic rings. The lowest BCUT2D eigenvalue weighted by molar-refractivity contribution is 0.111. The maximum absolute atomic E-state index is 2.48. The molecule has 0 heterocycles. The van der Waals surface area contributed by atoms with Crippen molar-refractivity contribution in [2.75, 3.05) is 0 Å². The van der Waals surface area contributed by atoms with Gasteiger partial charge >= 0.3 is 0 Å².